The summed E-state index contributed by atoms with van der Waals surface area (Å²) < 4.78 is 0. The molecule has 5 amide bonds. The first-order chi connectivity index (χ1) is 22.9. The summed E-state index contributed by atoms with van der Waals surface area (Å²) in [6.45, 7) is 6.06. The maximum Gasteiger partial charge on any atom is 0.332 e. The fraction of sp³-hybridized carbons (Fsp3) is 0.472. The summed E-state index contributed by atoms with van der Waals surface area (Å²) in [7, 11) is 0. The molecular formula is C36H49N7O5. The Hall–Kier alpha value is -4.55. The number of aliphatic hydroxyl groups excluding tert-OH is 1. The number of aromatic nitrogens is 1. The number of pyridine rings is 1. The number of amides is 5. The molecule has 0 aliphatic heterocycles. The Morgan fingerprint density at radius 1 is 0.938 bits per heavy atom. The van der Waals surface area contributed by atoms with Crippen molar-refractivity contribution in [3.8, 4) is 0 Å². The van der Waals surface area contributed by atoms with E-state index >= 15 is 0 Å². The van der Waals surface area contributed by atoms with Crippen LogP contribution in [0.5, 0.6) is 0 Å². The zero-order chi connectivity index (χ0) is 34.7. The lowest BCUT2D eigenvalue weighted by Gasteiger charge is -2.34. The molecule has 2 aromatic carbocycles. The summed E-state index contributed by atoms with van der Waals surface area (Å²) in [5.74, 6) is -1.74. The van der Waals surface area contributed by atoms with Gasteiger partial charge in [-0.15, -0.1) is 0 Å². The number of rotatable bonds is 14. The number of benzene rings is 2. The molecule has 1 heterocycles. The van der Waals surface area contributed by atoms with Crippen LogP contribution >= 0.6 is 0 Å². The predicted octanol–water partition coefficient (Wildman–Crippen LogP) is 3.19. The second-order valence-corrected chi connectivity index (χ2v) is 13.6. The number of nitrogens with one attached hydrogen (secondary N) is 4. The predicted molar refractivity (Wildman–Crippen MR) is 184 cm³/mol. The molecule has 7 N–H and O–H groups in total. The van der Waals surface area contributed by atoms with Gasteiger partial charge in [-0.25, -0.2) is 15.2 Å². The van der Waals surface area contributed by atoms with Gasteiger partial charge in [0, 0.05) is 17.5 Å². The summed E-state index contributed by atoms with van der Waals surface area (Å²) in [5.41, 5.74) is 9.71. The Bertz CT molecular complexity index is 1540. The van der Waals surface area contributed by atoms with E-state index < -0.39 is 53.9 Å². The Labute approximate surface area is 282 Å². The maximum absolute atomic E-state index is 13.7. The van der Waals surface area contributed by atoms with Crippen LogP contribution in [0.25, 0.3) is 10.9 Å². The number of nitrogens with two attached hydrogens (primary N) is 1. The molecule has 0 bridgehead atoms. The van der Waals surface area contributed by atoms with Crippen LogP contribution in [0.1, 0.15) is 75.3 Å². The fourth-order valence-electron chi connectivity index (χ4n) is 5.82. The van der Waals surface area contributed by atoms with Crippen molar-refractivity contribution in [2.24, 2.45) is 11.7 Å². The highest BCUT2D eigenvalue weighted by Gasteiger charge is 2.32. The number of aliphatic hydroxyl groups is 1. The Morgan fingerprint density at radius 2 is 1.62 bits per heavy atom. The molecule has 3 aromatic rings. The molecule has 258 valence electrons. The van der Waals surface area contributed by atoms with Gasteiger partial charge in [0.2, 0.25) is 11.8 Å². The van der Waals surface area contributed by atoms with E-state index in [1.807, 2.05) is 63.2 Å². The van der Waals surface area contributed by atoms with Crippen molar-refractivity contribution in [3.63, 3.8) is 0 Å². The first kappa shape index (κ1) is 36.3. The molecule has 4 rings (SSSR count). The highest BCUT2D eigenvalue weighted by molar-refractivity contribution is 5.99. The first-order valence-corrected chi connectivity index (χ1v) is 16.7. The van der Waals surface area contributed by atoms with Crippen LogP contribution < -0.4 is 27.1 Å². The molecular weight excluding hydrogens is 610 g/mol. The number of hydrogen-bond acceptors (Lipinski definition) is 7. The average Bonchev–Trinajstić information content (AvgIpc) is 3.05. The van der Waals surface area contributed by atoms with Crippen LogP contribution in [0.3, 0.4) is 0 Å². The summed E-state index contributed by atoms with van der Waals surface area (Å²) in [6, 6.07) is 17.2. The van der Waals surface area contributed by atoms with Gasteiger partial charge in [0.05, 0.1) is 30.6 Å². The third-order valence-electron chi connectivity index (χ3n) is 8.34. The van der Waals surface area contributed by atoms with Crippen molar-refractivity contribution in [1.29, 1.82) is 0 Å². The maximum atomic E-state index is 13.7. The second-order valence-electron chi connectivity index (χ2n) is 13.6. The largest absolute Gasteiger partial charge is 0.389 e. The van der Waals surface area contributed by atoms with Crippen LogP contribution in [0, 0.1) is 5.92 Å². The van der Waals surface area contributed by atoms with Crippen molar-refractivity contribution in [2.75, 3.05) is 13.1 Å². The normalized spacial score (nSPS) is 15.6. The zero-order valence-corrected chi connectivity index (χ0v) is 28.1. The summed E-state index contributed by atoms with van der Waals surface area (Å²) in [5, 5.41) is 22.2. The van der Waals surface area contributed by atoms with Gasteiger partial charge in [0.25, 0.3) is 5.91 Å². The molecule has 0 radical (unpaired) electrons. The number of para-hydroxylation sites is 1. The Balaban J connectivity index is 1.53. The van der Waals surface area contributed by atoms with E-state index in [-0.39, 0.29) is 18.7 Å². The van der Waals surface area contributed by atoms with Crippen molar-refractivity contribution in [3.05, 3.63) is 78.0 Å². The lowest BCUT2D eigenvalue weighted by Crippen LogP contribution is -2.60. The molecule has 2 unspecified atom stereocenters. The minimum Gasteiger partial charge on any atom is -0.389 e. The monoisotopic (exact) mass is 659 g/mol. The second kappa shape index (κ2) is 17.0. The van der Waals surface area contributed by atoms with Crippen LogP contribution in [-0.2, 0) is 16.0 Å². The Kier molecular flexibility index (Phi) is 12.9. The number of fused-ring (bicyclic) bond motifs is 1. The first-order valence-electron chi connectivity index (χ1n) is 16.7. The van der Waals surface area contributed by atoms with Gasteiger partial charge < -0.3 is 26.8 Å². The van der Waals surface area contributed by atoms with E-state index in [1.54, 1.807) is 18.2 Å². The highest BCUT2D eigenvalue weighted by atomic mass is 16.3. The molecule has 1 aliphatic rings. The number of hydrazine groups is 1. The van der Waals surface area contributed by atoms with Gasteiger partial charge >= 0.3 is 6.03 Å². The zero-order valence-electron chi connectivity index (χ0n) is 28.1. The number of carbonyl (C=O) groups excluding carboxylic acids is 4. The molecule has 1 aromatic heterocycles. The van der Waals surface area contributed by atoms with Gasteiger partial charge in [-0.2, -0.15) is 0 Å². The number of nitrogens with zero attached hydrogens (tertiary/aromatic N) is 2. The van der Waals surface area contributed by atoms with Gasteiger partial charge in [-0.1, -0.05) is 73.9 Å². The van der Waals surface area contributed by atoms with E-state index in [9.17, 15) is 24.3 Å². The molecule has 12 nitrogen and oxygen atoms in total. The lowest BCUT2D eigenvalue weighted by atomic mass is 9.89. The molecule has 3 atom stereocenters. The summed E-state index contributed by atoms with van der Waals surface area (Å²) in [4.78, 5) is 56.7. The van der Waals surface area contributed by atoms with Gasteiger partial charge in [-0.05, 0) is 63.6 Å². The minimum atomic E-state index is -1.33. The third kappa shape index (κ3) is 11.3. The molecule has 0 saturated heterocycles. The quantitative estimate of drug-likeness (QED) is 0.144. The molecule has 1 aliphatic carbocycles. The van der Waals surface area contributed by atoms with Gasteiger partial charge in [-0.3, -0.25) is 19.4 Å². The van der Waals surface area contributed by atoms with Crippen molar-refractivity contribution in [1.82, 2.24) is 31.4 Å². The molecule has 12 heteroatoms. The number of primary amides is 1. The van der Waals surface area contributed by atoms with Crippen molar-refractivity contribution in [2.45, 2.75) is 89.4 Å². The number of urea groups is 1. The van der Waals surface area contributed by atoms with E-state index in [1.165, 1.54) is 17.5 Å². The van der Waals surface area contributed by atoms with Crippen LogP contribution in [-0.4, -0.2) is 75.7 Å². The van der Waals surface area contributed by atoms with Crippen molar-refractivity contribution < 1.29 is 24.3 Å². The van der Waals surface area contributed by atoms with Crippen LogP contribution in [0.4, 0.5) is 4.79 Å². The number of carbonyl (C=O) groups is 4. The van der Waals surface area contributed by atoms with E-state index in [0.717, 1.165) is 36.6 Å². The van der Waals surface area contributed by atoms with Crippen molar-refractivity contribution >= 4 is 34.7 Å². The SMILES string of the molecule is CC(C)(C)NC(=O)N(CC(O)C(Cc1ccccc1)NC(=O)[C@H](CC(N)=O)NC(=O)c1ccc2ccccc2n1)NCC1CCCCC1. The van der Waals surface area contributed by atoms with Gasteiger partial charge in [0.15, 0.2) is 0 Å². The average molecular weight is 660 g/mol. The van der Waals surface area contributed by atoms with E-state index in [0.29, 0.717) is 18.0 Å². The van der Waals surface area contributed by atoms with E-state index in [2.05, 4.69) is 26.4 Å². The topological polar surface area (TPSA) is 179 Å². The fourth-order valence-corrected chi connectivity index (χ4v) is 5.82. The molecule has 0 spiro atoms. The van der Waals surface area contributed by atoms with E-state index in [4.69, 9.17) is 5.73 Å². The smallest absolute Gasteiger partial charge is 0.332 e. The summed E-state index contributed by atoms with van der Waals surface area (Å²) in [6.07, 6.45) is 4.16. The Morgan fingerprint density at radius 3 is 2.31 bits per heavy atom. The number of hydrogen-bond donors (Lipinski definition) is 6. The molecule has 1 fully saturated rings. The van der Waals surface area contributed by atoms with Gasteiger partial charge in [0.1, 0.15) is 11.7 Å². The molecule has 1 saturated carbocycles. The third-order valence-corrected chi connectivity index (χ3v) is 8.34. The minimum absolute atomic E-state index is 0.0707. The highest BCUT2D eigenvalue weighted by Crippen LogP contribution is 2.23. The standard InChI is InChI=1S/C36H49N7O5/c1-36(2,3)42-35(48)43(38-22-25-14-8-5-9-15-25)23-31(44)29(20-24-12-6-4-7-13-24)40-34(47)30(21-32(37)45)41-33(46)28-19-18-26-16-10-11-17-27(26)39-28/h4,6-7,10-13,16-19,25,29-31,38,44H,5,8-9,14-15,20-23H2,1-3H3,(H2,37,45)(H,40,47)(H,41,46)(H,42,48)/t29?,30-,31?/m0/s1. The van der Waals surface area contributed by atoms with Crippen LogP contribution in [0.15, 0.2) is 66.7 Å². The lowest BCUT2D eigenvalue weighted by molar-refractivity contribution is -0.128. The van der Waals surface area contributed by atoms with Crippen LogP contribution in [0.2, 0.25) is 0 Å². The summed E-state index contributed by atoms with van der Waals surface area (Å²) >= 11 is 0. The molecule has 48 heavy (non-hydrogen) atoms.